The van der Waals surface area contributed by atoms with E-state index in [2.05, 4.69) is 9.88 Å². The molecule has 0 radical (unpaired) electrons. The van der Waals surface area contributed by atoms with Gasteiger partial charge in [-0.15, -0.1) is 11.8 Å². The van der Waals surface area contributed by atoms with Gasteiger partial charge < -0.3 is 19.8 Å². The fourth-order valence-corrected chi connectivity index (χ4v) is 6.06. The molecule has 2 aromatic carbocycles. The highest BCUT2D eigenvalue weighted by Gasteiger charge is 2.34. The number of nitrogens with zero attached hydrogens (tertiary/aromatic N) is 2. The van der Waals surface area contributed by atoms with Gasteiger partial charge in [-0.05, 0) is 79.8 Å². The molecule has 1 saturated heterocycles. The molecule has 35 heavy (non-hydrogen) atoms. The Labute approximate surface area is 215 Å². The summed E-state index contributed by atoms with van der Waals surface area (Å²) in [6.45, 7) is 2.25. The number of aliphatic carboxylic acids is 1. The van der Waals surface area contributed by atoms with E-state index in [1.165, 1.54) is 0 Å². The van der Waals surface area contributed by atoms with Gasteiger partial charge in [-0.25, -0.2) is 0 Å². The summed E-state index contributed by atoms with van der Waals surface area (Å²) < 4.78 is 5.33. The van der Waals surface area contributed by atoms with Crippen molar-refractivity contribution in [2.24, 2.45) is 11.8 Å². The lowest BCUT2D eigenvalue weighted by atomic mass is 9.81. The molecule has 2 heterocycles. The van der Waals surface area contributed by atoms with Crippen molar-refractivity contribution >= 4 is 40.2 Å². The second-order valence-corrected chi connectivity index (χ2v) is 10.6. The van der Waals surface area contributed by atoms with Crippen molar-refractivity contribution in [2.75, 3.05) is 32.5 Å². The number of ether oxygens (including phenoxy) is 1. The summed E-state index contributed by atoms with van der Waals surface area (Å²) in [4.78, 5) is 19.8. The molecule has 4 rings (SSSR count). The van der Waals surface area contributed by atoms with E-state index in [4.69, 9.17) is 16.3 Å². The molecule has 6 nitrogen and oxygen atoms in total. The lowest BCUT2D eigenvalue weighted by molar-refractivity contribution is -0.146. The average Bonchev–Trinajstić information content (AvgIpc) is 2.87. The largest absolute Gasteiger partial charge is 0.497 e. The summed E-state index contributed by atoms with van der Waals surface area (Å²) >= 11 is 7.79. The zero-order chi connectivity index (χ0) is 24.8. The molecule has 0 unspecified atom stereocenters. The third kappa shape index (κ3) is 6.67. The van der Waals surface area contributed by atoms with Crippen LogP contribution >= 0.6 is 23.4 Å². The SMILES string of the molecule is COc1ccc2nccc([C@H](O)CC[C@@H]3CCN(CCSc4cccc(Cl)c4)C[C@@H]3C(=O)O)c2c1. The minimum Gasteiger partial charge on any atom is -0.497 e. The molecule has 1 aromatic heterocycles. The zero-order valence-corrected chi connectivity index (χ0v) is 21.3. The molecule has 1 fully saturated rings. The number of hydrogen-bond acceptors (Lipinski definition) is 6. The maximum atomic E-state index is 12.1. The number of piperidine rings is 1. The molecule has 1 aliphatic rings. The molecule has 0 amide bonds. The smallest absolute Gasteiger partial charge is 0.308 e. The molecule has 2 N–H and O–H groups in total. The molecule has 0 spiro atoms. The van der Waals surface area contributed by atoms with Crippen LogP contribution in [0, 0.1) is 11.8 Å². The number of methoxy groups -OCH3 is 1. The van der Waals surface area contributed by atoms with E-state index < -0.39 is 18.0 Å². The van der Waals surface area contributed by atoms with E-state index >= 15 is 0 Å². The van der Waals surface area contributed by atoms with Gasteiger partial charge in [0, 0.05) is 40.3 Å². The first-order valence-electron chi connectivity index (χ1n) is 11.9. The van der Waals surface area contributed by atoms with E-state index in [1.54, 1.807) is 25.1 Å². The first-order chi connectivity index (χ1) is 16.9. The number of aromatic nitrogens is 1. The van der Waals surface area contributed by atoms with E-state index in [0.717, 1.165) is 51.6 Å². The summed E-state index contributed by atoms with van der Waals surface area (Å²) in [6.07, 6.45) is 3.00. The number of fused-ring (bicyclic) bond motifs is 1. The average molecular weight is 515 g/mol. The van der Waals surface area contributed by atoms with Crippen molar-refractivity contribution in [1.29, 1.82) is 0 Å². The number of halogens is 1. The van der Waals surface area contributed by atoms with Gasteiger partial charge in [0.05, 0.1) is 24.6 Å². The fourth-order valence-electron chi connectivity index (χ4n) is 4.84. The fraction of sp³-hybridized carbons (Fsp3) is 0.407. The Kier molecular flexibility index (Phi) is 8.89. The molecule has 3 aromatic rings. The summed E-state index contributed by atoms with van der Waals surface area (Å²) in [5, 5.41) is 22.5. The third-order valence-corrected chi connectivity index (χ3v) is 7.99. The highest BCUT2D eigenvalue weighted by atomic mass is 35.5. The molecular weight excluding hydrogens is 484 g/mol. The molecule has 186 valence electrons. The van der Waals surface area contributed by atoms with Crippen molar-refractivity contribution in [2.45, 2.75) is 30.3 Å². The van der Waals surface area contributed by atoms with Crippen LogP contribution in [-0.2, 0) is 4.79 Å². The van der Waals surface area contributed by atoms with Crippen LogP contribution in [0.25, 0.3) is 10.9 Å². The number of likely N-dealkylation sites (tertiary alicyclic amines) is 1. The second kappa shape index (κ2) is 12.1. The van der Waals surface area contributed by atoms with Crippen molar-refractivity contribution < 1.29 is 19.7 Å². The number of carbonyl (C=O) groups is 1. The maximum Gasteiger partial charge on any atom is 0.308 e. The number of aliphatic hydroxyl groups is 1. The number of carboxylic acids is 1. The van der Waals surface area contributed by atoms with Gasteiger partial charge in [0.1, 0.15) is 5.75 Å². The minimum absolute atomic E-state index is 0.0432. The Hall–Kier alpha value is -2.32. The standard InChI is InChI=1S/C27H31ClN2O4S/c1-34-20-6-7-25-23(16-20)22(9-11-29-25)26(31)8-5-18-10-12-30(17-24(18)27(32)33)13-14-35-21-4-2-3-19(28)15-21/h2-4,6-7,9,11,15-16,18,24,26,31H,5,8,10,12-14,17H2,1H3,(H,32,33)/t18-,24+,26-/m1/s1. The monoisotopic (exact) mass is 514 g/mol. The normalized spacial score (nSPS) is 19.5. The van der Waals surface area contributed by atoms with Gasteiger partial charge in [0.25, 0.3) is 0 Å². The van der Waals surface area contributed by atoms with Gasteiger partial charge in [0.2, 0.25) is 0 Å². The number of benzene rings is 2. The minimum atomic E-state index is -0.754. The van der Waals surface area contributed by atoms with Crippen LogP contribution in [0.3, 0.4) is 0 Å². The summed E-state index contributed by atoms with van der Waals surface area (Å²) in [5.74, 6) is 0.457. The third-order valence-electron chi connectivity index (χ3n) is 6.78. The van der Waals surface area contributed by atoms with Crippen LogP contribution in [0.4, 0.5) is 0 Å². The number of carboxylic acid groups (broad SMARTS) is 1. The van der Waals surface area contributed by atoms with E-state index in [-0.39, 0.29) is 5.92 Å². The Morgan fingerprint density at radius 3 is 2.91 bits per heavy atom. The first kappa shape index (κ1) is 25.8. The number of pyridine rings is 1. The van der Waals surface area contributed by atoms with E-state index in [9.17, 15) is 15.0 Å². The van der Waals surface area contributed by atoms with Gasteiger partial charge in [-0.2, -0.15) is 0 Å². The van der Waals surface area contributed by atoms with Crippen LogP contribution in [0.15, 0.2) is 59.6 Å². The molecular formula is C27H31ClN2O4S. The number of hydrogen-bond donors (Lipinski definition) is 2. The summed E-state index contributed by atoms with van der Waals surface area (Å²) in [5.41, 5.74) is 1.60. The van der Waals surface area contributed by atoms with Crippen molar-refractivity contribution in [3.63, 3.8) is 0 Å². The van der Waals surface area contributed by atoms with Gasteiger partial charge >= 0.3 is 5.97 Å². The lowest BCUT2D eigenvalue weighted by Gasteiger charge is -2.37. The Morgan fingerprint density at radius 1 is 1.29 bits per heavy atom. The molecule has 0 saturated carbocycles. The van der Waals surface area contributed by atoms with Crippen LogP contribution < -0.4 is 4.74 Å². The molecule has 0 bridgehead atoms. The number of aliphatic hydroxyl groups excluding tert-OH is 1. The summed E-state index contributed by atoms with van der Waals surface area (Å²) in [7, 11) is 1.61. The maximum absolute atomic E-state index is 12.1. The molecule has 0 aliphatic carbocycles. The number of thioether (sulfide) groups is 1. The van der Waals surface area contributed by atoms with Crippen LogP contribution in [0.5, 0.6) is 5.75 Å². The van der Waals surface area contributed by atoms with Gasteiger partial charge in [0.15, 0.2) is 0 Å². The van der Waals surface area contributed by atoms with Crippen LogP contribution in [0.1, 0.15) is 30.9 Å². The van der Waals surface area contributed by atoms with Crippen molar-refractivity contribution in [3.05, 3.63) is 65.3 Å². The predicted molar refractivity (Wildman–Crippen MR) is 140 cm³/mol. The zero-order valence-electron chi connectivity index (χ0n) is 19.8. The van der Waals surface area contributed by atoms with Crippen LogP contribution in [-0.4, -0.2) is 58.6 Å². The second-order valence-electron chi connectivity index (χ2n) is 8.98. The molecule has 1 aliphatic heterocycles. The van der Waals surface area contributed by atoms with E-state index in [1.807, 2.05) is 48.5 Å². The lowest BCUT2D eigenvalue weighted by Crippen LogP contribution is -2.44. The van der Waals surface area contributed by atoms with Crippen LogP contribution in [0.2, 0.25) is 5.02 Å². The highest BCUT2D eigenvalue weighted by molar-refractivity contribution is 7.99. The quantitative estimate of drug-likeness (QED) is 0.344. The van der Waals surface area contributed by atoms with E-state index in [0.29, 0.717) is 25.1 Å². The summed E-state index contributed by atoms with van der Waals surface area (Å²) in [6, 6.07) is 15.2. The van der Waals surface area contributed by atoms with Gasteiger partial charge in [-0.3, -0.25) is 9.78 Å². The predicted octanol–water partition coefficient (Wildman–Crippen LogP) is 5.53. The Balaban J connectivity index is 1.33. The number of rotatable bonds is 10. The van der Waals surface area contributed by atoms with Crippen molar-refractivity contribution in [3.8, 4) is 5.75 Å². The Bertz CT molecular complexity index is 1160. The molecule has 8 heteroatoms. The van der Waals surface area contributed by atoms with Gasteiger partial charge in [-0.1, -0.05) is 17.7 Å². The Morgan fingerprint density at radius 2 is 2.14 bits per heavy atom. The van der Waals surface area contributed by atoms with Crippen molar-refractivity contribution in [1.82, 2.24) is 9.88 Å². The molecule has 3 atom stereocenters. The topological polar surface area (TPSA) is 82.9 Å². The first-order valence-corrected chi connectivity index (χ1v) is 13.2. The highest BCUT2D eigenvalue weighted by Crippen LogP contribution is 2.34.